The van der Waals surface area contributed by atoms with E-state index in [0.29, 0.717) is 5.75 Å². The van der Waals surface area contributed by atoms with E-state index < -0.39 is 6.10 Å². The van der Waals surface area contributed by atoms with Crippen molar-refractivity contribution in [2.24, 2.45) is 5.73 Å². The molecular weight excluding hydrogens is 336 g/mol. The molecule has 0 saturated carbocycles. The lowest BCUT2D eigenvalue weighted by atomic mass is 9.94. The molecule has 0 saturated heterocycles. The van der Waals surface area contributed by atoms with Crippen LogP contribution in [0.4, 0.5) is 0 Å². The molecule has 138 valence electrons. The van der Waals surface area contributed by atoms with Crippen molar-refractivity contribution in [1.29, 1.82) is 0 Å². The van der Waals surface area contributed by atoms with Crippen LogP contribution in [0.25, 0.3) is 0 Å². The van der Waals surface area contributed by atoms with E-state index in [-0.39, 0.29) is 18.0 Å². The molecule has 0 aliphatic heterocycles. The van der Waals surface area contributed by atoms with Crippen molar-refractivity contribution < 1.29 is 9.53 Å². The molecule has 3 aromatic rings. The smallest absolute Gasteiger partial charge is 0.261 e. The minimum atomic E-state index is -0.637. The number of benzene rings is 3. The zero-order valence-corrected chi connectivity index (χ0v) is 15.3. The first-order valence-electron chi connectivity index (χ1n) is 9.02. The lowest BCUT2D eigenvalue weighted by Crippen LogP contribution is -2.42. The van der Waals surface area contributed by atoms with Crippen LogP contribution >= 0.6 is 0 Å². The molecule has 0 fully saturated rings. The van der Waals surface area contributed by atoms with Gasteiger partial charge in [-0.1, -0.05) is 78.9 Å². The van der Waals surface area contributed by atoms with Crippen molar-refractivity contribution in [3.8, 4) is 5.75 Å². The van der Waals surface area contributed by atoms with Gasteiger partial charge < -0.3 is 15.8 Å². The molecule has 1 amide bonds. The van der Waals surface area contributed by atoms with Gasteiger partial charge in [-0.15, -0.1) is 0 Å². The summed E-state index contributed by atoms with van der Waals surface area (Å²) in [7, 11) is 0. The van der Waals surface area contributed by atoms with Crippen LogP contribution in [-0.4, -0.2) is 12.0 Å². The minimum Gasteiger partial charge on any atom is -0.481 e. The van der Waals surface area contributed by atoms with Crippen molar-refractivity contribution in [2.75, 3.05) is 0 Å². The maximum atomic E-state index is 12.8. The first kappa shape index (κ1) is 18.7. The van der Waals surface area contributed by atoms with Crippen LogP contribution in [-0.2, 0) is 4.79 Å². The molecule has 3 aromatic carbocycles. The first-order chi connectivity index (χ1) is 13.1. The standard InChI is InChI=1S/C23H24N2O2/c1-17(27-20-15-9-4-10-16-20)23(26)25-22(19-13-7-3-8-14-19)21(24)18-11-5-2-6-12-18/h2-17,21-22H,24H2,1H3,(H,25,26). The number of nitrogens with two attached hydrogens (primary N) is 1. The molecule has 3 N–H and O–H groups in total. The van der Waals surface area contributed by atoms with Gasteiger partial charge in [0.15, 0.2) is 6.10 Å². The molecular formula is C23H24N2O2. The topological polar surface area (TPSA) is 64.3 Å². The van der Waals surface area contributed by atoms with Crippen molar-refractivity contribution in [3.05, 3.63) is 102 Å². The first-order valence-corrected chi connectivity index (χ1v) is 9.02. The van der Waals surface area contributed by atoms with E-state index in [4.69, 9.17) is 10.5 Å². The lowest BCUT2D eigenvalue weighted by molar-refractivity contribution is -0.128. The Hall–Kier alpha value is -3.11. The minimum absolute atomic E-state index is 0.209. The van der Waals surface area contributed by atoms with E-state index in [2.05, 4.69) is 5.32 Å². The average molecular weight is 360 g/mol. The van der Waals surface area contributed by atoms with E-state index in [1.165, 1.54) is 0 Å². The van der Waals surface area contributed by atoms with Crippen molar-refractivity contribution in [2.45, 2.75) is 25.1 Å². The monoisotopic (exact) mass is 360 g/mol. The molecule has 0 spiro atoms. The van der Waals surface area contributed by atoms with Gasteiger partial charge >= 0.3 is 0 Å². The Labute approximate surface area is 160 Å². The van der Waals surface area contributed by atoms with Crippen LogP contribution in [0.1, 0.15) is 30.1 Å². The molecule has 0 bridgehead atoms. The highest BCUT2D eigenvalue weighted by atomic mass is 16.5. The number of ether oxygens (including phenoxy) is 1. The Kier molecular flexibility index (Phi) is 6.23. The van der Waals surface area contributed by atoms with Crippen LogP contribution in [0.2, 0.25) is 0 Å². The lowest BCUT2D eigenvalue weighted by Gasteiger charge is -2.27. The fraction of sp³-hybridized carbons (Fsp3) is 0.174. The molecule has 4 nitrogen and oxygen atoms in total. The van der Waals surface area contributed by atoms with E-state index in [1.54, 1.807) is 6.92 Å². The number of carbonyl (C=O) groups is 1. The summed E-state index contributed by atoms with van der Waals surface area (Å²) >= 11 is 0. The van der Waals surface area contributed by atoms with Crippen LogP contribution in [0.3, 0.4) is 0 Å². The van der Waals surface area contributed by atoms with Crippen LogP contribution < -0.4 is 15.8 Å². The largest absolute Gasteiger partial charge is 0.481 e. The molecule has 0 aliphatic carbocycles. The third-order valence-electron chi connectivity index (χ3n) is 4.43. The van der Waals surface area contributed by atoms with Gasteiger partial charge in [-0.2, -0.15) is 0 Å². The number of nitrogens with one attached hydrogen (secondary N) is 1. The Balaban J connectivity index is 1.78. The number of carbonyl (C=O) groups excluding carboxylic acids is 1. The van der Waals surface area contributed by atoms with Gasteiger partial charge in [-0.25, -0.2) is 0 Å². The van der Waals surface area contributed by atoms with Crippen molar-refractivity contribution in [1.82, 2.24) is 5.32 Å². The molecule has 3 unspecified atom stereocenters. The van der Waals surface area contributed by atoms with Gasteiger partial charge in [0, 0.05) is 0 Å². The summed E-state index contributed by atoms with van der Waals surface area (Å²) in [5.74, 6) is 0.447. The molecule has 3 atom stereocenters. The summed E-state index contributed by atoms with van der Waals surface area (Å²) in [5.41, 5.74) is 8.43. The summed E-state index contributed by atoms with van der Waals surface area (Å²) < 4.78 is 5.75. The van der Waals surface area contributed by atoms with E-state index in [0.717, 1.165) is 11.1 Å². The van der Waals surface area contributed by atoms with Gasteiger partial charge in [-0.3, -0.25) is 4.79 Å². The molecule has 0 aliphatic rings. The maximum absolute atomic E-state index is 12.8. The predicted octanol–water partition coefficient (Wildman–Crippen LogP) is 4.01. The summed E-state index contributed by atoms with van der Waals surface area (Å²) in [5, 5.41) is 3.06. The summed E-state index contributed by atoms with van der Waals surface area (Å²) in [6.07, 6.45) is -0.637. The number of amides is 1. The van der Waals surface area contributed by atoms with Gasteiger partial charge in [0.05, 0.1) is 12.1 Å². The molecule has 0 heterocycles. The van der Waals surface area contributed by atoms with Gasteiger partial charge in [0.2, 0.25) is 0 Å². The third-order valence-corrected chi connectivity index (χ3v) is 4.43. The molecule has 0 aromatic heterocycles. The maximum Gasteiger partial charge on any atom is 0.261 e. The Morgan fingerprint density at radius 1 is 0.815 bits per heavy atom. The highest BCUT2D eigenvalue weighted by Gasteiger charge is 2.26. The molecule has 0 radical (unpaired) electrons. The second-order valence-electron chi connectivity index (χ2n) is 6.41. The fourth-order valence-electron chi connectivity index (χ4n) is 2.94. The SMILES string of the molecule is CC(Oc1ccccc1)C(=O)NC(c1ccccc1)C(N)c1ccccc1. The second kappa shape index (κ2) is 9.01. The fourth-order valence-corrected chi connectivity index (χ4v) is 2.94. The molecule has 27 heavy (non-hydrogen) atoms. The predicted molar refractivity (Wildman–Crippen MR) is 107 cm³/mol. The van der Waals surface area contributed by atoms with E-state index >= 15 is 0 Å². The summed E-state index contributed by atoms with van der Waals surface area (Å²) in [4.78, 5) is 12.8. The van der Waals surface area contributed by atoms with Crippen molar-refractivity contribution in [3.63, 3.8) is 0 Å². The normalized spacial score (nSPS) is 14.0. The number of hydrogen-bond donors (Lipinski definition) is 2. The second-order valence-corrected chi connectivity index (χ2v) is 6.41. The van der Waals surface area contributed by atoms with E-state index in [1.807, 2.05) is 91.0 Å². The number of hydrogen-bond acceptors (Lipinski definition) is 3. The number of rotatable bonds is 7. The van der Waals surface area contributed by atoms with Crippen LogP contribution in [0.5, 0.6) is 5.75 Å². The highest BCUT2D eigenvalue weighted by Crippen LogP contribution is 2.27. The quantitative estimate of drug-likeness (QED) is 0.669. The van der Waals surface area contributed by atoms with Gasteiger partial charge in [-0.05, 0) is 30.2 Å². The van der Waals surface area contributed by atoms with Crippen LogP contribution in [0.15, 0.2) is 91.0 Å². The Bertz CT molecular complexity index is 838. The number of para-hydroxylation sites is 1. The summed E-state index contributed by atoms with van der Waals surface area (Å²) in [6, 6.07) is 28.1. The van der Waals surface area contributed by atoms with E-state index in [9.17, 15) is 4.79 Å². The third kappa shape index (κ3) is 4.96. The molecule has 3 rings (SSSR count). The zero-order chi connectivity index (χ0) is 19.1. The Morgan fingerprint density at radius 3 is 1.85 bits per heavy atom. The van der Waals surface area contributed by atoms with Gasteiger partial charge in [0.25, 0.3) is 5.91 Å². The average Bonchev–Trinajstić information content (AvgIpc) is 2.73. The van der Waals surface area contributed by atoms with Crippen LogP contribution in [0, 0.1) is 0 Å². The van der Waals surface area contributed by atoms with Crippen molar-refractivity contribution >= 4 is 5.91 Å². The summed E-state index contributed by atoms with van der Waals surface area (Å²) in [6.45, 7) is 1.73. The zero-order valence-electron chi connectivity index (χ0n) is 15.3. The van der Waals surface area contributed by atoms with Gasteiger partial charge in [0.1, 0.15) is 5.75 Å². The molecule has 4 heteroatoms. The Morgan fingerprint density at radius 2 is 1.30 bits per heavy atom. The highest BCUT2D eigenvalue weighted by molar-refractivity contribution is 5.81.